The largest absolute Gasteiger partial charge is 0.366 e. The summed E-state index contributed by atoms with van der Waals surface area (Å²) in [7, 11) is 0. The van der Waals surface area contributed by atoms with Crippen LogP contribution in [0.3, 0.4) is 0 Å². The highest BCUT2D eigenvalue weighted by Gasteiger charge is 2.06. The third kappa shape index (κ3) is 4.36. The third-order valence-electron chi connectivity index (χ3n) is 3.16. The number of nitrogens with two attached hydrogens (primary N) is 1. The molecule has 0 saturated carbocycles. The quantitative estimate of drug-likeness (QED) is 0.803. The minimum Gasteiger partial charge on any atom is -0.366 e. The molecule has 0 spiro atoms. The van der Waals surface area contributed by atoms with Gasteiger partial charge in [0.2, 0.25) is 5.91 Å². The van der Waals surface area contributed by atoms with Crippen LogP contribution in [0, 0.1) is 11.6 Å². The van der Waals surface area contributed by atoms with E-state index in [-0.39, 0.29) is 11.4 Å². The van der Waals surface area contributed by atoms with E-state index in [4.69, 9.17) is 5.73 Å². The van der Waals surface area contributed by atoms with Crippen LogP contribution in [-0.2, 0) is 13.0 Å². The van der Waals surface area contributed by atoms with E-state index in [1.54, 1.807) is 18.2 Å². The van der Waals surface area contributed by atoms with E-state index in [2.05, 4.69) is 5.32 Å². The van der Waals surface area contributed by atoms with Crippen LogP contribution in [0.5, 0.6) is 0 Å². The molecule has 0 saturated heterocycles. The maximum absolute atomic E-state index is 13.7. The maximum Gasteiger partial charge on any atom is 0.248 e. The fraction of sp³-hybridized carbons (Fsp3) is 0.188. The van der Waals surface area contributed by atoms with Crippen molar-refractivity contribution in [1.29, 1.82) is 0 Å². The fourth-order valence-corrected chi connectivity index (χ4v) is 1.95. The Morgan fingerprint density at radius 2 is 1.81 bits per heavy atom. The second kappa shape index (κ2) is 6.95. The lowest BCUT2D eigenvalue weighted by atomic mass is 10.1. The first-order valence-electron chi connectivity index (χ1n) is 6.59. The monoisotopic (exact) mass is 290 g/mol. The predicted molar refractivity (Wildman–Crippen MR) is 76.7 cm³/mol. The van der Waals surface area contributed by atoms with Crippen LogP contribution in [0.2, 0.25) is 0 Å². The molecule has 110 valence electrons. The van der Waals surface area contributed by atoms with Crippen molar-refractivity contribution in [3.8, 4) is 0 Å². The highest BCUT2D eigenvalue weighted by atomic mass is 19.1. The van der Waals surface area contributed by atoms with E-state index in [0.717, 1.165) is 18.1 Å². The number of carbonyl (C=O) groups excluding carboxylic acids is 1. The number of nitrogens with one attached hydrogen (secondary N) is 1. The molecule has 0 aliphatic heterocycles. The van der Waals surface area contributed by atoms with E-state index in [1.165, 1.54) is 18.2 Å². The molecule has 0 atom stereocenters. The molecular weight excluding hydrogens is 274 g/mol. The molecule has 3 nitrogen and oxygen atoms in total. The van der Waals surface area contributed by atoms with Crippen molar-refractivity contribution >= 4 is 5.91 Å². The fourth-order valence-electron chi connectivity index (χ4n) is 1.95. The van der Waals surface area contributed by atoms with Crippen LogP contribution in [0.1, 0.15) is 21.5 Å². The Bertz CT molecular complexity index is 627. The summed E-state index contributed by atoms with van der Waals surface area (Å²) in [6.45, 7) is 0.995. The van der Waals surface area contributed by atoms with Gasteiger partial charge in [0.25, 0.3) is 0 Å². The number of benzene rings is 2. The van der Waals surface area contributed by atoms with Gasteiger partial charge in [-0.25, -0.2) is 8.78 Å². The van der Waals surface area contributed by atoms with Crippen molar-refractivity contribution in [2.45, 2.75) is 13.0 Å². The summed E-state index contributed by atoms with van der Waals surface area (Å²) < 4.78 is 26.5. The number of primary amides is 1. The molecule has 1 amide bonds. The molecule has 0 bridgehead atoms. The zero-order valence-corrected chi connectivity index (χ0v) is 11.4. The highest BCUT2D eigenvalue weighted by Crippen LogP contribution is 2.10. The van der Waals surface area contributed by atoms with Crippen molar-refractivity contribution < 1.29 is 13.6 Å². The van der Waals surface area contributed by atoms with Gasteiger partial charge in [-0.15, -0.1) is 0 Å². The Labute approximate surface area is 121 Å². The zero-order chi connectivity index (χ0) is 15.2. The first-order chi connectivity index (χ1) is 10.1. The minimum atomic E-state index is -0.648. The first-order valence-corrected chi connectivity index (χ1v) is 6.59. The zero-order valence-electron chi connectivity index (χ0n) is 11.4. The van der Waals surface area contributed by atoms with Gasteiger partial charge in [-0.2, -0.15) is 0 Å². The Morgan fingerprint density at radius 3 is 2.43 bits per heavy atom. The lowest BCUT2D eigenvalue weighted by molar-refractivity contribution is 0.1000. The van der Waals surface area contributed by atoms with Gasteiger partial charge in [-0.05, 0) is 42.8 Å². The van der Waals surface area contributed by atoms with Crippen LogP contribution < -0.4 is 11.1 Å². The van der Waals surface area contributed by atoms with E-state index in [9.17, 15) is 13.6 Å². The molecular formula is C16H16F2N2O. The van der Waals surface area contributed by atoms with Gasteiger partial charge in [-0.3, -0.25) is 4.79 Å². The van der Waals surface area contributed by atoms with Crippen LogP contribution in [0.4, 0.5) is 8.78 Å². The molecule has 0 aromatic heterocycles. The van der Waals surface area contributed by atoms with Crippen molar-refractivity contribution in [3.63, 3.8) is 0 Å². The van der Waals surface area contributed by atoms with Crippen LogP contribution >= 0.6 is 0 Å². The lowest BCUT2D eigenvalue weighted by Gasteiger charge is -2.07. The predicted octanol–water partition coefficient (Wildman–Crippen LogP) is 2.40. The van der Waals surface area contributed by atoms with E-state index >= 15 is 0 Å². The molecule has 21 heavy (non-hydrogen) atoms. The van der Waals surface area contributed by atoms with Crippen LogP contribution in [-0.4, -0.2) is 12.5 Å². The topological polar surface area (TPSA) is 55.1 Å². The Hall–Kier alpha value is -2.27. The van der Waals surface area contributed by atoms with Gasteiger partial charge in [-0.1, -0.05) is 18.2 Å². The molecule has 3 N–H and O–H groups in total. The number of amides is 1. The Morgan fingerprint density at radius 1 is 1.10 bits per heavy atom. The Kier molecular flexibility index (Phi) is 5.00. The number of carbonyl (C=O) groups is 1. The molecule has 0 heterocycles. The molecule has 0 unspecified atom stereocenters. The van der Waals surface area contributed by atoms with Crippen molar-refractivity contribution in [2.24, 2.45) is 5.73 Å². The van der Waals surface area contributed by atoms with E-state index in [0.29, 0.717) is 18.7 Å². The summed E-state index contributed by atoms with van der Waals surface area (Å²) in [4.78, 5) is 10.9. The van der Waals surface area contributed by atoms with Crippen molar-refractivity contribution in [3.05, 3.63) is 70.8 Å². The SMILES string of the molecule is NC(=O)c1ccc(CNCCc2ccc(F)cc2)c(F)c1. The maximum atomic E-state index is 13.7. The van der Waals surface area contributed by atoms with E-state index < -0.39 is 11.7 Å². The number of rotatable bonds is 6. The average molecular weight is 290 g/mol. The number of hydrogen-bond donors (Lipinski definition) is 2. The molecule has 2 aromatic rings. The summed E-state index contributed by atoms with van der Waals surface area (Å²) in [6.07, 6.45) is 0.723. The Balaban J connectivity index is 1.83. The average Bonchev–Trinajstić information content (AvgIpc) is 2.46. The number of hydrogen-bond acceptors (Lipinski definition) is 2. The summed E-state index contributed by atoms with van der Waals surface area (Å²) >= 11 is 0. The summed E-state index contributed by atoms with van der Waals surface area (Å²) in [6, 6.07) is 10.5. The molecule has 2 rings (SSSR count). The molecule has 0 aliphatic rings. The summed E-state index contributed by atoms with van der Waals surface area (Å²) in [5.41, 5.74) is 6.72. The third-order valence-corrected chi connectivity index (χ3v) is 3.16. The van der Waals surface area contributed by atoms with Crippen LogP contribution in [0.25, 0.3) is 0 Å². The molecule has 0 aliphatic carbocycles. The smallest absolute Gasteiger partial charge is 0.248 e. The molecule has 2 aromatic carbocycles. The van der Waals surface area contributed by atoms with Crippen LogP contribution in [0.15, 0.2) is 42.5 Å². The molecule has 0 fully saturated rings. The standard InChI is InChI=1S/C16H16F2N2O/c17-14-5-1-11(2-6-14)7-8-20-10-13-4-3-12(16(19)21)9-15(13)18/h1-6,9,20H,7-8,10H2,(H2,19,21). The first kappa shape index (κ1) is 15.1. The van der Waals surface area contributed by atoms with E-state index in [1.807, 2.05) is 0 Å². The summed E-state index contributed by atoms with van der Waals surface area (Å²) in [5.74, 6) is -1.37. The molecule has 0 radical (unpaired) electrons. The van der Waals surface area contributed by atoms with Gasteiger partial charge in [0.05, 0.1) is 0 Å². The normalized spacial score (nSPS) is 10.6. The number of halogens is 2. The van der Waals surface area contributed by atoms with Crippen molar-refractivity contribution in [2.75, 3.05) is 6.54 Å². The minimum absolute atomic E-state index is 0.155. The van der Waals surface area contributed by atoms with Crippen molar-refractivity contribution in [1.82, 2.24) is 5.32 Å². The highest BCUT2D eigenvalue weighted by molar-refractivity contribution is 5.92. The molecule has 5 heteroatoms. The van der Waals surface area contributed by atoms with Gasteiger partial charge in [0.1, 0.15) is 11.6 Å². The van der Waals surface area contributed by atoms with Gasteiger partial charge in [0, 0.05) is 17.7 Å². The second-order valence-corrected chi connectivity index (χ2v) is 4.72. The second-order valence-electron chi connectivity index (χ2n) is 4.72. The van der Waals surface area contributed by atoms with Gasteiger partial charge < -0.3 is 11.1 Å². The lowest BCUT2D eigenvalue weighted by Crippen LogP contribution is -2.18. The van der Waals surface area contributed by atoms with Gasteiger partial charge in [0.15, 0.2) is 0 Å². The van der Waals surface area contributed by atoms with Gasteiger partial charge >= 0.3 is 0 Å². The summed E-state index contributed by atoms with van der Waals surface area (Å²) in [5, 5.41) is 3.10.